The molecule has 0 radical (unpaired) electrons. The Morgan fingerprint density at radius 2 is 2.25 bits per heavy atom. The molecular formula is C13H25NO2. The normalized spacial score (nSPS) is 22.0. The Bertz CT molecular complexity index is 206. The lowest BCUT2D eigenvalue weighted by atomic mass is 9.99. The van der Waals surface area contributed by atoms with Crippen molar-refractivity contribution in [2.24, 2.45) is 5.92 Å². The number of hydrogen-bond donors (Lipinski definition) is 0. The monoisotopic (exact) mass is 227 g/mol. The zero-order valence-corrected chi connectivity index (χ0v) is 10.7. The largest absolute Gasteiger partial charge is 0.465 e. The van der Waals surface area contributed by atoms with Gasteiger partial charge in [-0.1, -0.05) is 20.3 Å². The average Bonchev–Trinajstić information content (AvgIpc) is 2.34. The number of likely N-dealkylation sites (tertiary alicyclic amines) is 1. The van der Waals surface area contributed by atoms with E-state index in [1.807, 2.05) is 0 Å². The second kappa shape index (κ2) is 7.66. The fourth-order valence-corrected chi connectivity index (χ4v) is 2.18. The summed E-state index contributed by atoms with van der Waals surface area (Å²) in [6.45, 7) is 8.32. The van der Waals surface area contributed by atoms with E-state index in [0.29, 0.717) is 18.9 Å². The lowest BCUT2D eigenvalue weighted by molar-refractivity contribution is -0.145. The van der Waals surface area contributed by atoms with Crippen molar-refractivity contribution < 1.29 is 9.53 Å². The first-order valence-corrected chi connectivity index (χ1v) is 6.64. The Labute approximate surface area is 99.1 Å². The number of hydrogen-bond acceptors (Lipinski definition) is 3. The van der Waals surface area contributed by atoms with Crippen LogP contribution in [0.2, 0.25) is 0 Å². The molecule has 1 aliphatic rings. The standard InChI is InChI=1S/C13H25NO2/c1-3-5-8-13(15)16-11-12-7-6-9-14(4-2)10-12/h12H,3-11H2,1-2H3/t12-/m0/s1. The number of piperidine rings is 1. The first kappa shape index (κ1) is 13.5. The highest BCUT2D eigenvalue weighted by atomic mass is 16.5. The maximum Gasteiger partial charge on any atom is 0.305 e. The summed E-state index contributed by atoms with van der Waals surface area (Å²) in [6, 6.07) is 0. The van der Waals surface area contributed by atoms with E-state index >= 15 is 0 Å². The number of ether oxygens (including phenoxy) is 1. The van der Waals surface area contributed by atoms with E-state index in [1.54, 1.807) is 0 Å². The minimum Gasteiger partial charge on any atom is -0.465 e. The summed E-state index contributed by atoms with van der Waals surface area (Å²) in [5, 5.41) is 0. The van der Waals surface area contributed by atoms with E-state index in [9.17, 15) is 4.79 Å². The summed E-state index contributed by atoms with van der Waals surface area (Å²) in [5.41, 5.74) is 0. The van der Waals surface area contributed by atoms with E-state index in [2.05, 4.69) is 18.7 Å². The topological polar surface area (TPSA) is 29.5 Å². The fourth-order valence-electron chi connectivity index (χ4n) is 2.18. The van der Waals surface area contributed by atoms with Gasteiger partial charge in [-0.15, -0.1) is 0 Å². The number of rotatable bonds is 6. The van der Waals surface area contributed by atoms with Crippen LogP contribution in [0.3, 0.4) is 0 Å². The molecule has 16 heavy (non-hydrogen) atoms. The van der Waals surface area contributed by atoms with Crippen molar-refractivity contribution in [3.05, 3.63) is 0 Å². The molecule has 1 atom stereocenters. The zero-order valence-electron chi connectivity index (χ0n) is 10.7. The summed E-state index contributed by atoms with van der Waals surface area (Å²) in [5.74, 6) is 0.537. The van der Waals surface area contributed by atoms with Gasteiger partial charge >= 0.3 is 5.97 Å². The molecule has 3 heteroatoms. The highest BCUT2D eigenvalue weighted by Crippen LogP contribution is 2.16. The summed E-state index contributed by atoms with van der Waals surface area (Å²) >= 11 is 0. The van der Waals surface area contributed by atoms with Gasteiger partial charge in [-0.3, -0.25) is 4.79 Å². The van der Waals surface area contributed by atoms with E-state index in [0.717, 1.165) is 25.9 Å². The van der Waals surface area contributed by atoms with Gasteiger partial charge in [-0.2, -0.15) is 0 Å². The average molecular weight is 227 g/mol. The highest BCUT2D eigenvalue weighted by Gasteiger charge is 2.19. The third-order valence-electron chi connectivity index (χ3n) is 3.26. The molecule has 1 rings (SSSR count). The van der Waals surface area contributed by atoms with Crippen molar-refractivity contribution in [3.8, 4) is 0 Å². The molecule has 1 aliphatic heterocycles. The van der Waals surface area contributed by atoms with Crippen LogP contribution in [0.15, 0.2) is 0 Å². The van der Waals surface area contributed by atoms with Crippen LogP contribution in [0, 0.1) is 5.92 Å². The number of carbonyl (C=O) groups excluding carboxylic acids is 1. The summed E-state index contributed by atoms with van der Waals surface area (Å²) in [4.78, 5) is 13.8. The smallest absolute Gasteiger partial charge is 0.305 e. The van der Waals surface area contributed by atoms with Gasteiger partial charge in [0.2, 0.25) is 0 Å². The van der Waals surface area contributed by atoms with Crippen LogP contribution < -0.4 is 0 Å². The van der Waals surface area contributed by atoms with Crippen LogP contribution in [0.4, 0.5) is 0 Å². The molecule has 0 spiro atoms. The van der Waals surface area contributed by atoms with E-state index in [-0.39, 0.29) is 5.97 Å². The lowest BCUT2D eigenvalue weighted by Crippen LogP contribution is -2.37. The van der Waals surface area contributed by atoms with E-state index < -0.39 is 0 Å². The maximum absolute atomic E-state index is 11.4. The molecule has 0 aromatic carbocycles. The Morgan fingerprint density at radius 1 is 1.44 bits per heavy atom. The molecule has 1 fully saturated rings. The van der Waals surface area contributed by atoms with Gasteiger partial charge in [0.15, 0.2) is 0 Å². The van der Waals surface area contributed by atoms with Gasteiger partial charge in [0.25, 0.3) is 0 Å². The van der Waals surface area contributed by atoms with Crippen LogP contribution in [0.5, 0.6) is 0 Å². The molecule has 0 aliphatic carbocycles. The van der Waals surface area contributed by atoms with Crippen LogP contribution in [-0.2, 0) is 9.53 Å². The molecule has 0 saturated carbocycles. The quantitative estimate of drug-likeness (QED) is 0.653. The molecule has 0 amide bonds. The molecule has 0 N–H and O–H groups in total. The Morgan fingerprint density at radius 3 is 2.94 bits per heavy atom. The molecule has 0 aromatic heterocycles. The van der Waals surface area contributed by atoms with Crippen LogP contribution in [-0.4, -0.2) is 37.1 Å². The van der Waals surface area contributed by atoms with Crippen molar-refractivity contribution in [1.82, 2.24) is 4.90 Å². The third kappa shape index (κ3) is 4.97. The van der Waals surface area contributed by atoms with Crippen molar-refractivity contribution in [3.63, 3.8) is 0 Å². The first-order chi connectivity index (χ1) is 7.76. The molecule has 1 saturated heterocycles. The van der Waals surface area contributed by atoms with Gasteiger partial charge in [-0.05, 0) is 32.4 Å². The SMILES string of the molecule is CCCCC(=O)OC[C@H]1CCCN(CC)C1. The number of carbonyl (C=O) groups is 1. The molecule has 3 nitrogen and oxygen atoms in total. The predicted molar refractivity (Wildman–Crippen MR) is 65.3 cm³/mol. The molecule has 0 unspecified atom stereocenters. The summed E-state index contributed by atoms with van der Waals surface area (Å²) in [7, 11) is 0. The maximum atomic E-state index is 11.4. The Kier molecular flexibility index (Phi) is 6.46. The molecule has 0 aromatic rings. The van der Waals surface area contributed by atoms with Gasteiger partial charge < -0.3 is 9.64 Å². The van der Waals surface area contributed by atoms with E-state index in [1.165, 1.54) is 19.4 Å². The minimum absolute atomic E-state index is 0.0181. The summed E-state index contributed by atoms with van der Waals surface area (Å²) in [6.07, 6.45) is 5.04. The van der Waals surface area contributed by atoms with Crippen LogP contribution in [0.1, 0.15) is 46.0 Å². The summed E-state index contributed by atoms with van der Waals surface area (Å²) < 4.78 is 5.31. The highest BCUT2D eigenvalue weighted by molar-refractivity contribution is 5.69. The van der Waals surface area contributed by atoms with Crippen molar-refractivity contribution >= 4 is 5.97 Å². The van der Waals surface area contributed by atoms with Gasteiger partial charge in [0.1, 0.15) is 0 Å². The number of esters is 1. The van der Waals surface area contributed by atoms with Crippen molar-refractivity contribution in [2.75, 3.05) is 26.2 Å². The van der Waals surface area contributed by atoms with Gasteiger partial charge in [-0.25, -0.2) is 0 Å². The molecule has 1 heterocycles. The molecular weight excluding hydrogens is 202 g/mol. The Hall–Kier alpha value is -0.570. The molecule has 94 valence electrons. The lowest BCUT2D eigenvalue weighted by Gasteiger charge is -2.31. The minimum atomic E-state index is -0.0181. The second-order valence-corrected chi connectivity index (χ2v) is 4.69. The number of nitrogens with zero attached hydrogens (tertiary/aromatic N) is 1. The van der Waals surface area contributed by atoms with Crippen molar-refractivity contribution in [1.29, 1.82) is 0 Å². The second-order valence-electron chi connectivity index (χ2n) is 4.69. The third-order valence-corrected chi connectivity index (χ3v) is 3.26. The number of unbranched alkanes of at least 4 members (excludes halogenated alkanes) is 1. The fraction of sp³-hybridized carbons (Fsp3) is 0.923. The van der Waals surface area contributed by atoms with E-state index in [4.69, 9.17) is 4.74 Å². The Balaban J connectivity index is 2.14. The van der Waals surface area contributed by atoms with Crippen molar-refractivity contribution in [2.45, 2.75) is 46.0 Å². The predicted octanol–water partition coefficient (Wildman–Crippen LogP) is 2.45. The van der Waals surface area contributed by atoms with Crippen LogP contribution in [0.25, 0.3) is 0 Å². The zero-order chi connectivity index (χ0) is 11.8. The molecule has 0 bridgehead atoms. The first-order valence-electron chi connectivity index (χ1n) is 6.64. The van der Waals surface area contributed by atoms with Crippen LogP contribution >= 0.6 is 0 Å². The van der Waals surface area contributed by atoms with Gasteiger partial charge in [0.05, 0.1) is 6.61 Å². The van der Waals surface area contributed by atoms with Gasteiger partial charge in [0, 0.05) is 18.9 Å².